The third kappa shape index (κ3) is 4.41. The van der Waals surface area contributed by atoms with E-state index in [1.807, 2.05) is 0 Å². The second kappa shape index (κ2) is 7.56. The average molecular weight is 297 g/mol. The summed E-state index contributed by atoms with van der Waals surface area (Å²) in [6.45, 7) is 7.86. The van der Waals surface area contributed by atoms with Crippen LogP contribution in [0.25, 0.3) is 0 Å². The van der Waals surface area contributed by atoms with E-state index in [1.54, 1.807) is 14.0 Å². The van der Waals surface area contributed by atoms with Crippen LogP contribution in [-0.4, -0.2) is 72.2 Å². The molecule has 2 unspecified atom stereocenters. The van der Waals surface area contributed by atoms with Gasteiger partial charge in [0.15, 0.2) is 0 Å². The summed E-state index contributed by atoms with van der Waals surface area (Å²) in [6, 6.07) is 0.772. The van der Waals surface area contributed by atoms with Crippen LogP contribution in [0.5, 0.6) is 0 Å². The molecule has 2 rings (SSSR count). The van der Waals surface area contributed by atoms with Gasteiger partial charge in [0, 0.05) is 12.6 Å². The highest BCUT2D eigenvalue weighted by atomic mass is 16.4. The quantitative estimate of drug-likeness (QED) is 0.696. The molecule has 0 aromatic heterocycles. The first-order valence-electron chi connectivity index (χ1n) is 8.44. The Balaban J connectivity index is 1.69. The number of aliphatic carboxylic acids is 1. The minimum absolute atomic E-state index is 0.697. The lowest BCUT2D eigenvalue weighted by atomic mass is 9.95. The highest BCUT2D eigenvalue weighted by Crippen LogP contribution is 2.22. The van der Waals surface area contributed by atoms with Crippen LogP contribution in [0, 0.1) is 0 Å². The van der Waals surface area contributed by atoms with Crippen LogP contribution >= 0.6 is 0 Å². The Kier molecular flexibility index (Phi) is 6.02. The largest absolute Gasteiger partial charge is 0.480 e. The Labute approximate surface area is 128 Å². The first kappa shape index (κ1) is 16.7. The summed E-state index contributed by atoms with van der Waals surface area (Å²) in [6.07, 6.45) is 6.75. The van der Waals surface area contributed by atoms with Crippen molar-refractivity contribution in [1.29, 1.82) is 0 Å². The van der Waals surface area contributed by atoms with Crippen LogP contribution in [-0.2, 0) is 4.79 Å². The molecule has 0 bridgehead atoms. The number of hydrogen-bond donors (Lipinski definition) is 2. The van der Waals surface area contributed by atoms with Crippen molar-refractivity contribution in [2.75, 3.05) is 39.8 Å². The standard InChI is InChI=1S/C16H31N3O2/c1-16(17-2,15(20)21)8-3-4-9-18-10-6-12-19-11-5-7-14(19)13-18/h14,17H,3-13H2,1-2H3,(H,20,21). The maximum atomic E-state index is 11.2. The number of carbonyl (C=O) groups is 1. The topological polar surface area (TPSA) is 55.8 Å². The molecule has 2 N–H and O–H groups in total. The Hall–Kier alpha value is -0.650. The zero-order valence-corrected chi connectivity index (χ0v) is 13.6. The van der Waals surface area contributed by atoms with E-state index < -0.39 is 11.5 Å². The highest BCUT2D eigenvalue weighted by molar-refractivity contribution is 5.78. The minimum Gasteiger partial charge on any atom is -0.480 e. The van der Waals surface area contributed by atoms with E-state index in [9.17, 15) is 9.90 Å². The van der Waals surface area contributed by atoms with Gasteiger partial charge in [0.25, 0.3) is 0 Å². The smallest absolute Gasteiger partial charge is 0.323 e. The molecule has 2 fully saturated rings. The molecule has 0 spiro atoms. The maximum absolute atomic E-state index is 11.2. The second-order valence-electron chi connectivity index (χ2n) is 6.83. The van der Waals surface area contributed by atoms with Crippen LogP contribution in [0.1, 0.15) is 45.4 Å². The van der Waals surface area contributed by atoms with E-state index in [2.05, 4.69) is 15.1 Å². The van der Waals surface area contributed by atoms with Crippen LogP contribution in [0.2, 0.25) is 0 Å². The van der Waals surface area contributed by atoms with E-state index in [1.165, 1.54) is 45.4 Å². The summed E-state index contributed by atoms with van der Waals surface area (Å²) < 4.78 is 0. The van der Waals surface area contributed by atoms with Gasteiger partial charge in [0.2, 0.25) is 0 Å². The van der Waals surface area contributed by atoms with Crippen LogP contribution < -0.4 is 5.32 Å². The fourth-order valence-corrected chi connectivity index (χ4v) is 3.64. The zero-order valence-electron chi connectivity index (χ0n) is 13.6. The SMILES string of the molecule is CNC(C)(CCCCN1CCCN2CCCC2C1)C(=O)O. The predicted molar refractivity (Wildman–Crippen MR) is 84.6 cm³/mol. The Morgan fingerprint density at radius 1 is 1.29 bits per heavy atom. The number of unbranched alkanes of at least 4 members (excludes halogenated alkanes) is 1. The van der Waals surface area contributed by atoms with E-state index >= 15 is 0 Å². The number of nitrogens with one attached hydrogen (secondary N) is 1. The molecule has 5 heteroatoms. The normalized spacial score (nSPS) is 27.0. The van der Waals surface area contributed by atoms with Gasteiger partial charge in [-0.3, -0.25) is 9.69 Å². The molecular weight excluding hydrogens is 266 g/mol. The summed E-state index contributed by atoms with van der Waals surface area (Å²) >= 11 is 0. The lowest BCUT2D eigenvalue weighted by Crippen LogP contribution is -2.47. The fourth-order valence-electron chi connectivity index (χ4n) is 3.64. The summed E-state index contributed by atoms with van der Waals surface area (Å²) in [7, 11) is 1.73. The Bertz CT molecular complexity index is 350. The number of rotatable bonds is 7. The molecule has 0 aliphatic carbocycles. The second-order valence-corrected chi connectivity index (χ2v) is 6.83. The Morgan fingerprint density at radius 3 is 2.76 bits per heavy atom. The molecule has 0 amide bonds. The first-order chi connectivity index (χ1) is 10.0. The summed E-state index contributed by atoms with van der Waals surface area (Å²) in [4.78, 5) is 16.5. The van der Waals surface area contributed by atoms with E-state index in [0.717, 1.165) is 25.4 Å². The molecule has 0 saturated carbocycles. The van der Waals surface area contributed by atoms with Crippen molar-refractivity contribution in [1.82, 2.24) is 15.1 Å². The van der Waals surface area contributed by atoms with Gasteiger partial charge < -0.3 is 15.3 Å². The van der Waals surface area contributed by atoms with Crippen LogP contribution in [0.15, 0.2) is 0 Å². The van der Waals surface area contributed by atoms with Crippen molar-refractivity contribution in [3.63, 3.8) is 0 Å². The summed E-state index contributed by atoms with van der Waals surface area (Å²) in [5, 5.41) is 12.2. The molecule has 2 aliphatic rings. The molecule has 21 heavy (non-hydrogen) atoms. The number of carboxylic acid groups (broad SMARTS) is 1. The molecule has 2 saturated heterocycles. The van der Waals surface area contributed by atoms with Crippen molar-refractivity contribution < 1.29 is 9.90 Å². The van der Waals surface area contributed by atoms with Crippen molar-refractivity contribution in [3.05, 3.63) is 0 Å². The minimum atomic E-state index is -0.777. The molecule has 0 radical (unpaired) electrons. The van der Waals surface area contributed by atoms with Gasteiger partial charge in [-0.25, -0.2) is 0 Å². The third-order valence-electron chi connectivity index (χ3n) is 5.31. The summed E-state index contributed by atoms with van der Waals surface area (Å²) in [5.41, 5.74) is -0.777. The number of hydrogen-bond acceptors (Lipinski definition) is 4. The molecular formula is C16H31N3O2. The van der Waals surface area contributed by atoms with E-state index in [0.29, 0.717) is 6.42 Å². The first-order valence-corrected chi connectivity index (χ1v) is 8.44. The number of fused-ring (bicyclic) bond motifs is 1. The van der Waals surface area contributed by atoms with Gasteiger partial charge in [-0.2, -0.15) is 0 Å². The van der Waals surface area contributed by atoms with E-state index in [4.69, 9.17) is 0 Å². The van der Waals surface area contributed by atoms with Crippen molar-refractivity contribution in [3.8, 4) is 0 Å². The monoisotopic (exact) mass is 297 g/mol. The summed E-state index contributed by atoms with van der Waals surface area (Å²) in [5.74, 6) is -0.749. The molecule has 2 aliphatic heterocycles. The van der Waals surface area contributed by atoms with Crippen molar-refractivity contribution in [2.24, 2.45) is 0 Å². The molecule has 2 atom stereocenters. The fraction of sp³-hybridized carbons (Fsp3) is 0.938. The third-order valence-corrected chi connectivity index (χ3v) is 5.31. The van der Waals surface area contributed by atoms with Crippen LogP contribution in [0.3, 0.4) is 0 Å². The maximum Gasteiger partial charge on any atom is 0.323 e. The predicted octanol–water partition coefficient (Wildman–Crippen LogP) is 1.39. The van der Waals surface area contributed by atoms with Crippen LogP contribution in [0.4, 0.5) is 0 Å². The average Bonchev–Trinajstić information content (AvgIpc) is 2.81. The van der Waals surface area contributed by atoms with Gasteiger partial charge in [0.1, 0.15) is 5.54 Å². The molecule has 0 aromatic rings. The molecule has 122 valence electrons. The Morgan fingerprint density at radius 2 is 2.05 bits per heavy atom. The molecule has 0 aromatic carbocycles. The molecule has 2 heterocycles. The van der Waals surface area contributed by atoms with Gasteiger partial charge in [0.05, 0.1) is 0 Å². The number of carboxylic acids is 1. The van der Waals surface area contributed by atoms with E-state index in [-0.39, 0.29) is 0 Å². The van der Waals surface area contributed by atoms with Crippen molar-refractivity contribution >= 4 is 5.97 Å². The number of nitrogens with zero attached hydrogens (tertiary/aromatic N) is 2. The molecule has 5 nitrogen and oxygen atoms in total. The van der Waals surface area contributed by atoms with Gasteiger partial charge in [-0.05, 0) is 78.7 Å². The highest BCUT2D eigenvalue weighted by Gasteiger charge is 2.31. The lowest BCUT2D eigenvalue weighted by molar-refractivity contribution is -0.144. The van der Waals surface area contributed by atoms with Gasteiger partial charge in [-0.1, -0.05) is 0 Å². The lowest BCUT2D eigenvalue weighted by Gasteiger charge is -2.27. The van der Waals surface area contributed by atoms with Crippen molar-refractivity contribution in [2.45, 2.75) is 57.0 Å². The number of likely N-dealkylation sites (N-methyl/N-ethyl adjacent to an activating group) is 1. The van der Waals surface area contributed by atoms with Gasteiger partial charge >= 0.3 is 5.97 Å². The zero-order chi connectivity index (χ0) is 15.3. The van der Waals surface area contributed by atoms with Gasteiger partial charge in [-0.15, -0.1) is 0 Å².